The van der Waals surface area contributed by atoms with Gasteiger partial charge < -0.3 is 9.73 Å². The largest absolute Gasteiger partial charge is 0.445 e. The summed E-state index contributed by atoms with van der Waals surface area (Å²) in [5.74, 6) is 0.249. The Balaban J connectivity index is 2.31. The van der Waals surface area contributed by atoms with Gasteiger partial charge in [-0.3, -0.25) is 0 Å². The third-order valence-electron chi connectivity index (χ3n) is 2.10. The number of hydrogen-bond donors (Lipinski definition) is 1. The molecule has 0 aromatic carbocycles. The highest BCUT2D eigenvalue weighted by molar-refractivity contribution is 4.96. The maximum atomic E-state index is 12.0. The van der Waals surface area contributed by atoms with E-state index in [1.54, 1.807) is 0 Å². The Morgan fingerprint density at radius 3 is 2.71 bits per heavy atom. The lowest BCUT2D eigenvalue weighted by molar-refractivity contribution is -0.130. The predicted octanol–water partition coefficient (Wildman–Crippen LogP) is 2.71. The van der Waals surface area contributed by atoms with Gasteiger partial charge in [0.15, 0.2) is 5.89 Å². The van der Waals surface area contributed by atoms with E-state index in [9.17, 15) is 13.2 Å². The zero-order chi connectivity index (χ0) is 12.9. The van der Waals surface area contributed by atoms with E-state index in [-0.39, 0.29) is 5.76 Å². The highest BCUT2D eigenvalue weighted by Crippen LogP contribution is 2.21. The second-order valence-electron chi connectivity index (χ2n) is 4.22. The minimum Gasteiger partial charge on any atom is -0.445 e. The van der Waals surface area contributed by atoms with Crippen LogP contribution in [-0.4, -0.2) is 23.7 Å². The van der Waals surface area contributed by atoms with Gasteiger partial charge in [0.25, 0.3) is 0 Å². The number of oxazole rings is 1. The molecule has 0 aliphatic heterocycles. The molecule has 1 N–H and O–H groups in total. The lowest BCUT2D eigenvalue weighted by Crippen LogP contribution is -2.23. The van der Waals surface area contributed by atoms with Gasteiger partial charge in [0.1, 0.15) is 12.2 Å². The Morgan fingerprint density at radius 1 is 1.41 bits per heavy atom. The van der Waals surface area contributed by atoms with Crippen LogP contribution < -0.4 is 5.32 Å². The highest BCUT2D eigenvalue weighted by atomic mass is 19.4. The normalized spacial score (nSPS) is 12.4. The molecular weight excluding hydrogens is 233 g/mol. The summed E-state index contributed by atoms with van der Waals surface area (Å²) in [6, 6.07) is 0.403. The molecule has 0 radical (unpaired) electrons. The van der Waals surface area contributed by atoms with E-state index in [0.29, 0.717) is 18.4 Å². The standard InChI is InChI=1S/C11H17F3N2O/c1-8(2)15-5-3-4-10-16-7-9(17-10)6-11(12,13)14/h7-8,15H,3-6H2,1-2H3. The van der Waals surface area contributed by atoms with E-state index in [0.717, 1.165) is 19.2 Å². The number of aromatic nitrogens is 1. The van der Waals surface area contributed by atoms with E-state index < -0.39 is 12.6 Å². The van der Waals surface area contributed by atoms with Gasteiger partial charge >= 0.3 is 6.18 Å². The third kappa shape index (κ3) is 6.31. The Hall–Kier alpha value is -1.04. The second kappa shape index (κ2) is 6.05. The molecule has 3 nitrogen and oxygen atoms in total. The maximum absolute atomic E-state index is 12.0. The van der Waals surface area contributed by atoms with Crippen LogP contribution in [0.4, 0.5) is 13.2 Å². The molecule has 0 bridgehead atoms. The molecule has 0 fully saturated rings. The quantitative estimate of drug-likeness (QED) is 0.789. The van der Waals surface area contributed by atoms with Gasteiger partial charge in [-0.15, -0.1) is 0 Å². The number of nitrogens with one attached hydrogen (secondary N) is 1. The van der Waals surface area contributed by atoms with Crippen molar-refractivity contribution in [3.63, 3.8) is 0 Å². The molecule has 0 unspecified atom stereocenters. The molecule has 1 aromatic heterocycles. The molecule has 0 aliphatic rings. The Labute approximate surface area is 98.4 Å². The van der Waals surface area contributed by atoms with Crippen LogP contribution in [0.15, 0.2) is 10.6 Å². The smallest absolute Gasteiger partial charge is 0.396 e. The average Bonchev–Trinajstić information content (AvgIpc) is 2.57. The summed E-state index contributed by atoms with van der Waals surface area (Å²) in [6.07, 6.45) is -2.79. The van der Waals surface area contributed by atoms with Crippen LogP contribution in [0.2, 0.25) is 0 Å². The summed E-state index contributed by atoms with van der Waals surface area (Å²) in [5, 5.41) is 3.21. The van der Waals surface area contributed by atoms with Crippen LogP contribution >= 0.6 is 0 Å². The van der Waals surface area contributed by atoms with Crippen LogP contribution in [0.1, 0.15) is 31.9 Å². The van der Waals surface area contributed by atoms with Crippen molar-refractivity contribution in [2.24, 2.45) is 0 Å². The molecule has 0 atom stereocenters. The summed E-state index contributed by atoms with van der Waals surface area (Å²) < 4.78 is 41.2. The first-order valence-corrected chi connectivity index (χ1v) is 5.60. The second-order valence-corrected chi connectivity index (χ2v) is 4.22. The summed E-state index contributed by atoms with van der Waals surface area (Å²) >= 11 is 0. The number of nitrogens with zero attached hydrogens (tertiary/aromatic N) is 1. The van der Waals surface area contributed by atoms with Crippen LogP contribution in [0, 0.1) is 0 Å². The van der Waals surface area contributed by atoms with Crippen LogP contribution in [0.5, 0.6) is 0 Å². The summed E-state index contributed by atoms with van der Waals surface area (Å²) in [5.41, 5.74) is 0. The van der Waals surface area contributed by atoms with Crippen molar-refractivity contribution in [3.8, 4) is 0 Å². The van der Waals surface area contributed by atoms with Crippen molar-refractivity contribution in [3.05, 3.63) is 17.8 Å². The van der Waals surface area contributed by atoms with Gasteiger partial charge in [-0.05, 0) is 13.0 Å². The summed E-state index contributed by atoms with van der Waals surface area (Å²) in [6.45, 7) is 4.87. The summed E-state index contributed by atoms with van der Waals surface area (Å²) in [7, 11) is 0. The van der Waals surface area contributed by atoms with E-state index in [4.69, 9.17) is 4.42 Å². The molecule has 0 saturated carbocycles. The fraction of sp³-hybridized carbons (Fsp3) is 0.727. The Morgan fingerprint density at radius 2 is 2.12 bits per heavy atom. The van der Waals surface area contributed by atoms with E-state index in [2.05, 4.69) is 10.3 Å². The van der Waals surface area contributed by atoms with Crippen molar-refractivity contribution in [2.75, 3.05) is 6.54 Å². The fourth-order valence-corrected chi connectivity index (χ4v) is 1.37. The number of alkyl halides is 3. The first-order valence-electron chi connectivity index (χ1n) is 5.60. The van der Waals surface area contributed by atoms with Crippen molar-refractivity contribution < 1.29 is 17.6 Å². The minimum absolute atomic E-state index is 0.121. The van der Waals surface area contributed by atoms with E-state index >= 15 is 0 Å². The van der Waals surface area contributed by atoms with E-state index in [1.807, 2.05) is 13.8 Å². The van der Waals surface area contributed by atoms with Gasteiger partial charge in [-0.2, -0.15) is 13.2 Å². The van der Waals surface area contributed by atoms with Crippen molar-refractivity contribution >= 4 is 0 Å². The Bertz CT molecular complexity index is 334. The van der Waals surface area contributed by atoms with Crippen LogP contribution in [0.25, 0.3) is 0 Å². The molecule has 17 heavy (non-hydrogen) atoms. The third-order valence-corrected chi connectivity index (χ3v) is 2.10. The SMILES string of the molecule is CC(C)NCCCc1ncc(CC(F)(F)F)o1. The van der Waals surface area contributed by atoms with Gasteiger partial charge in [0, 0.05) is 12.5 Å². The van der Waals surface area contributed by atoms with Gasteiger partial charge in [0.05, 0.1) is 6.20 Å². The van der Waals surface area contributed by atoms with Gasteiger partial charge in [0.2, 0.25) is 0 Å². The molecule has 6 heteroatoms. The molecule has 0 aliphatic carbocycles. The van der Waals surface area contributed by atoms with Gasteiger partial charge in [-0.25, -0.2) is 4.98 Å². The number of halogens is 3. The van der Waals surface area contributed by atoms with Crippen LogP contribution in [0.3, 0.4) is 0 Å². The highest BCUT2D eigenvalue weighted by Gasteiger charge is 2.29. The zero-order valence-corrected chi connectivity index (χ0v) is 9.97. The topological polar surface area (TPSA) is 38.1 Å². The fourth-order valence-electron chi connectivity index (χ4n) is 1.37. The lowest BCUT2D eigenvalue weighted by Gasteiger charge is -2.06. The van der Waals surface area contributed by atoms with Gasteiger partial charge in [-0.1, -0.05) is 13.8 Å². The van der Waals surface area contributed by atoms with Crippen molar-refractivity contribution in [2.45, 2.75) is 45.3 Å². The lowest BCUT2D eigenvalue weighted by atomic mass is 10.3. The first-order chi connectivity index (χ1) is 7.87. The number of hydrogen-bond acceptors (Lipinski definition) is 3. The predicted molar refractivity (Wildman–Crippen MR) is 57.7 cm³/mol. The van der Waals surface area contributed by atoms with Crippen molar-refractivity contribution in [1.29, 1.82) is 0 Å². The molecule has 0 saturated heterocycles. The first kappa shape index (κ1) is 14.0. The van der Waals surface area contributed by atoms with E-state index in [1.165, 1.54) is 0 Å². The van der Waals surface area contributed by atoms with Crippen LogP contribution in [-0.2, 0) is 12.8 Å². The maximum Gasteiger partial charge on any atom is 0.396 e. The molecule has 98 valence electrons. The van der Waals surface area contributed by atoms with Crippen molar-refractivity contribution in [1.82, 2.24) is 10.3 Å². The minimum atomic E-state index is -4.24. The molecule has 1 rings (SSSR count). The molecule has 1 heterocycles. The molecule has 1 aromatic rings. The number of rotatable bonds is 6. The molecule has 0 amide bonds. The molecular formula is C11H17F3N2O. The Kier molecular flexibility index (Phi) is 4.99. The molecule has 0 spiro atoms. The number of aryl methyl sites for hydroxylation is 1. The monoisotopic (exact) mass is 250 g/mol. The summed E-state index contributed by atoms with van der Waals surface area (Å²) in [4.78, 5) is 3.82. The zero-order valence-electron chi connectivity index (χ0n) is 9.97. The average molecular weight is 250 g/mol.